The summed E-state index contributed by atoms with van der Waals surface area (Å²) in [6, 6.07) is 0.265. The van der Waals surface area contributed by atoms with Crippen molar-refractivity contribution in [3.8, 4) is 0 Å². The average molecular weight is 251 g/mol. The Morgan fingerprint density at radius 1 is 1.61 bits per heavy atom. The Morgan fingerprint density at radius 2 is 2.44 bits per heavy atom. The molecule has 4 nitrogen and oxygen atoms in total. The Hall–Kier alpha value is -0.870. The molecule has 1 aliphatic heterocycles. The fraction of sp³-hybridized carbons (Fsp3) is 0.786. The molecule has 0 spiro atoms. The number of aromatic nitrogens is 1. The Morgan fingerprint density at radius 3 is 3.17 bits per heavy atom. The van der Waals surface area contributed by atoms with Gasteiger partial charge in [0.15, 0.2) is 5.89 Å². The fourth-order valence-corrected chi connectivity index (χ4v) is 2.62. The number of hydrogen-bond donors (Lipinski definition) is 1. The van der Waals surface area contributed by atoms with Gasteiger partial charge in [-0.15, -0.1) is 0 Å². The van der Waals surface area contributed by atoms with E-state index < -0.39 is 0 Å². The summed E-state index contributed by atoms with van der Waals surface area (Å²) >= 11 is 0. The van der Waals surface area contributed by atoms with Gasteiger partial charge in [0.1, 0.15) is 6.26 Å². The van der Waals surface area contributed by atoms with Crippen molar-refractivity contribution < 1.29 is 4.42 Å². The molecule has 2 atom stereocenters. The molecule has 1 N–H and O–H groups in total. The predicted octanol–water partition coefficient (Wildman–Crippen LogP) is 2.23. The van der Waals surface area contributed by atoms with Gasteiger partial charge in [0, 0.05) is 19.0 Å². The molecule has 0 bridgehead atoms. The van der Waals surface area contributed by atoms with Crippen LogP contribution in [0.2, 0.25) is 0 Å². The van der Waals surface area contributed by atoms with Crippen molar-refractivity contribution in [3.63, 3.8) is 0 Å². The summed E-state index contributed by atoms with van der Waals surface area (Å²) in [5, 5.41) is 3.18. The van der Waals surface area contributed by atoms with E-state index in [0.29, 0.717) is 5.92 Å². The third-order valence-corrected chi connectivity index (χ3v) is 3.96. The highest BCUT2D eigenvalue weighted by molar-refractivity contribution is 5.02. The minimum absolute atomic E-state index is 0.265. The number of likely N-dealkylation sites (tertiary alicyclic amines) is 1. The lowest BCUT2D eigenvalue weighted by Gasteiger charge is -2.31. The van der Waals surface area contributed by atoms with E-state index in [1.54, 1.807) is 6.26 Å². The molecule has 0 saturated carbocycles. The molecule has 2 unspecified atom stereocenters. The average Bonchev–Trinajstić information content (AvgIpc) is 2.86. The number of nitrogens with one attached hydrogen (secondary N) is 1. The van der Waals surface area contributed by atoms with Crippen molar-refractivity contribution in [1.29, 1.82) is 0 Å². The van der Waals surface area contributed by atoms with E-state index in [1.807, 2.05) is 7.05 Å². The highest BCUT2D eigenvalue weighted by Crippen LogP contribution is 2.21. The quantitative estimate of drug-likeness (QED) is 0.871. The van der Waals surface area contributed by atoms with Crippen molar-refractivity contribution in [2.75, 3.05) is 26.7 Å². The van der Waals surface area contributed by atoms with Gasteiger partial charge >= 0.3 is 0 Å². The summed E-state index contributed by atoms with van der Waals surface area (Å²) in [7, 11) is 1.94. The molecule has 102 valence electrons. The van der Waals surface area contributed by atoms with Gasteiger partial charge in [-0.1, -0.05) is 6.92 Å². The predicted molar refractivity (Wildman–Crippen MR) is 72.5 cm³/mol. The lowest BCUT2D eigenvalue weighted by Crippen LogP contribution is -2.35. The summed E-state index contributed by atoms with van der Waals surface area (Å²) in [4.78, 5) is 7.10. The third-order valence-electron chi connectivity index (χ3n) is 3.96. The monoisotopic (exact) mass is 251 g/mol. The van der Waals surface area contributed by atoms with Gasteiger partial charge in [-0.05, 0) is 45.8 Å². The van der Waals surface area contributed by atoms with Gasteiger partial charge < -0.3 is 14.6 Å². The maximum absolute atomic E-state index is 5.59. The van der Waals surface area contributed by atoms with Crippen molar-refractivity contribution in [3.05, 3.63) is 17.8 Å². The van der Waals surface area contributed by atoms with Crippen molar-refractivity contribution in [2.24, 2.45) is 5.92 Å². The molecular formula is C14H25N3O. The molecule has 1 aliphatic rings. The molecule has 1 aromatic rings. The van der Waals surface area contributed by atoms with Crippen LogP contribution in [0.25, 0.3) is 0 Å². The number of nitrogens with zero attached hydrogens (tertiary/aromatic N) is 2. The maximum atomic E-state index is 5.59. The Labute approximate surface area is 110 Å². The first-order chi connectivity index (χ1) is 8.72. The molecule has 0 aromatic carbocycles. The van der Waals surface area contributed by atoms with Crippen LogP contribution in [-0.2, 0) is 6.42 Å². The summed E-state index contributed by atoms with van der Waals surface area (Å²) < 4.78 is 5.59. The molecule has 0 aliphatic carbocycles. The van der Waals surface area contributed by atoms with Crippen LogP contribution in [0, 0.1) is 5.92 Å². The topological polar surface area (TPSA) is 41.3 Å². The maximum Gasteiger partial charge on any atom is 0.194 e. The van der Waals surface area contributed by atoms with E-state index in [9.17, 15) is 0 Å². The van der Waals surface area contributed by atoms with Crippen molar-refractivity contribution >= 4 is 0 Å². The van der Waals surface area contributed by atoms with Crippen molar-refractivity contribution in [2.45, 2.75) is 39.2 Å². The van der Waals surface area contributed by atoms with Crippen LogP contribution in [0.15, 0.2) is 10.7 Å². The Kier molecular flexibility index (Phi) is 4.78. The van der Waals surface area contributed by atoms with E-state index in [-0.39, 0.29) is 6.04 Å². The lowest BCUT2D eigenvalue weighted by molar-refractivity contribution is 0.176. The van der Waals surface area contributed by atoms with Crippen LogP contribution in [0.4, 0.5) is 0 Å². The first-order valence-electron chi connectivity index (χ1n) is 7.06. The van der Waals surface area contributed by atoms with Gasteiger partial charge in [-0.2, -0.15) is 0 Å². The van der Waals surface area contributed by atoms with Crippen LogP contribution >= 0.6 is 0 Å². The standard InChI is InChI=1S/C14H25N3O/c1-4-17-7-5-6-12(9-17)8-14-16-13(10-18-14)11(2)15-3/h10-12,15H,4-9H2,1-3H3. The smallest absolute Gasteiger partial charge is 0.194 e. The van der Waals surface area contributed by atoms with E-state index in [2.05, 4.69) is 29.0 Å². The first kappa shape index (κ1) is 13.6. The molecule has 0 radical (unpaired) electrons. The fourth-order valence-electron chi connectivity index (χ4n) is 2.62. The number of hydrogen-bond acceptors (Lipinski definition) is 4. The van der Waals surface area contributed by atoms with Crippen molar-refractivity contribution in [1.82, 2.24) is 15.2 Å². The molecule has 2 rings (SSSR count). The Balaban J connectivity index is 1.90. The van der Waals surface area contributed by atoms with Gasteiger partial charge in [0.25, 0.3) is 0 Å². The zero-order valence-electron chi connectivity index (χ0n) is 11.8. The minimum atomic E-state index is 0.265. The molecule has 1 aromatic heterocycles. The van der Waals surface area contributed by atoms with E-state index in [1.165, 1.54) is 25.9 Å². The largest absolute Gasteiger partial charge is 0.449 e. The van der Waals surface area contributed by atoms with Crippen LogP contribution < -0.4 is 5.32 Å². The first-order valence-corrected chi connectivity index (χ1v) is 7.06. The molecule has 1 saturated heterocycles. The molecule has 4 heteroatoms. The lowest BCUT2D eigenvalue weighted by atomic mass is 9.95. The molecular weight excluding hydrogens is 226 g/mol. The highest BCUT2D eigenvalue weighted by Gasteiger charge is 2.21. The van der Waals surface area contributed by atoms with E-state index >= 15 is 0 Å². The van der Waals surface area contributed by atoms with Crippen LogP contribution in [0.5, 0.6) is 0 Å². The SMILES string of the molecule is CCN1CCCC(Cc2nc(C(C)NC)co2)C1. The zero-order valence-corrected chi connectivity index (χ0v) is 11.8. The normalized spacial score (nSPS) is 23.2. The number of piperidine rings is 1. The van der Waals surface area contributed by atoms with Crippen LogP contribution in [-0.4, -0.2) is 36.6 Å². The summed E-state index contributed by atoms with van der Waals surface area (Å²) in [6.45, 7) is 7.93. The van der Waals surface area contributed by atoms with Gasteiger partial charge in [-0.3, -0.25) is 0 Å². The highest BCUT2D eigenvalue weighted by atomic mass is 16.3. The third kappa shape index (κ3) is 3.33. The van der Waals surface area contributed by atoms with Gasteiger partial charge in [0.2, 0.25) is 0 Å². The second kappa shape index (κ2) is 6.34. The van der Waals surface area contributed by atoms with Gasteiger partial charge in [0.05, 0.1) is 5.69 Å². The van der Waals surface area contributed by atoms with Gasteiger partial charge in [-0.25, -0.2) is 4.98 Å². The second-order valence-corrected chi connectivity index (χ2v) is 5.28. The summed E-state index contributed by atoms with van der Waals surface area (Å²) in [5.41, 5.74) is 1.01. The summed E-state index contributed by atoms with van der Waals surface area (Å²) in [5.74, 6) is 1.60. The molecule has 1 fully saturated rings. The zero-order chi connectivity index (χ0) is 13.0. The summed E-state index contributed by atoms with van der Waals surface area (Å²) in [6.07, 6.45) is 5.37. The van der Waals surface area contributed by atoms with Crippen LogP contribution in [0.1, 0.15) is 44.3 Å². The van der Waals surface area contributed by atoms with Crippen LogP contribution in [0.3, 0.4) is 0 Å². The number of oxazole rings is 1. The van der Waals surface area contributed by atoms with E-state index in [0.717, 1.165) is 24.6 Å². The minimum Gasteiger partial charge on any atom is -0.449 e. The molecule has 18 heavy (non-hydrogen) atoms. The molecule has 0 amide bonds. The second-order valence-electron chi connectivity index (χ2n) is 5.28. The Bertz CT molecular complexity index is 364. The molecule has 2 heterocycles. The number of rotatable bonds is 5. The van der Waals surface area contributed by atoms with E-state index in [4.69, 9.17) is 4.42 Å².